The molecule has 3 aliphatic rings. The summed E-state index contributed by atoms with van der Waals surface area (Å²) < 4.78 is 25.4. The lowest BCUT2D eigenvalue weighted by atomic mass is 9.68. The second-order valence-corrected chi connectivity index (χ2v) is 9.81. The molecule has 2 fully saturated rings. The minimum absolute atomic E-state index is 0.0932. The van der Waals surface area contributed by atoms with Crippen molar-refractivity contribution >= 4 is 11.3 Å². The van der Waals surface area contributed by atoms with Gasteiger partial charge in [-0.2, -0.15) is 0 Å². The van der Waals surface area contributed by atoms with Gasteiger partial charge in [-0.05, 0) is 73.7 Å². The number of nitrogens with one attached hydrogen (secondary N) is 1. The van der Waals surface area contributed by atoms with E-state index in [9.17, 15) is 4.39 Å². The zero-order valence-electron chi connectivity index (χ0n) is 16.8. The first-order valence-corrected chi connectivity index (χ1v) is 11.7. The Bertz CT molecular complexity index is 847. The quantitative estimate of drug-likeness (QED) is 0.718. The van der Waals surface area contributed by atoms with Crippen LogP contribution in [0.1, 0.15) is 53.8 Å². The van der Waals surface area contributed by atoms with Crippen LogP contribution in [0.25, 0.3) is 0 Å². The number of fused-ring (bicyclic) bond motifs is 1. The summed E-state index contributed by atoms with van der Waals surface area (Å²) in [7, 11) is 0. The molecule has 2 aromatic rings. The lowest BCUT2D eigenvalue weighted by Crippen LogP contribution is -2.49. The lowest BCUT2D eigenvalue weighted by Gasteiger charge is -2.45. The molecule has 0 unspecified atom stereocenters. The van der Waals surface area contributed by atoms with Gasteiger partial charge in [0.15, 0.2) is 0 Å². The Labute approximate surface area is 175 Å². The summed E-state index contributed by atoms with van der Waals surface area (Å²) in [6.45, 7) is 3.99. The average molecular weight is 417 g/mol. The number of thiophene rings is 1. The fourth-order valence-electron chi connectivity index (χ4n) is 5.42. The summed E-state index contributed by atoms with van der Waals surface area (Å²) in [5, 5.41) is 6.03. The number of halogens is 1. The van der Waals surface area contributed by atoms with Gasteiger partial charge < -0.3 is 14.8 Å². The maximum absolute atomic E-state index is 13.5. The van der Waals surface area contributed by atoms with Crippen molar-refractivity contribution in [3.8, 4) is 0 Å². The molecule has 2 atom stereocenters. The van der Waals surface area contributed by atoms with E-state index >= 15 is 0 Å². The van der Waals surface area contributed by atoms with Gasteiger partial charge >= 0.3 is 0 Å². The summed E-state index contributed by atoms with van der Waals surface area (Å²) in [5.74, 6) is -0.278. The Kier molecular flexibility index (Phi) is 5.45. The van der Waals surface area contributed by atoms with Gasteiger partial charge in [-0.1, -0.05) is 0 Å². The average Bonchev–Trinajstić information content (AvgIpc) is 3.45. The number of nitrogens with zero attached hydrogens (tertiary/aromatic N) is 1. The van der Waals surface area contributed by atoms with E-state index in [1.807, 2.05) is 17.4 Å². The number of aromatic nitrogens is 1. The van der Waals surface area contributed by atoms with Crippen LogP contribution in [-0.4, -0.2) is 37.0 Å². The van der Waals surface area contributed by atoms with Crippen molar-refractivity contribution in [3.05, 3.63) is 51.2 Å². The minimum atomic E-state index is -0.278. The fourth-order valence-corrected chi connectivity index (χ4v) is 6.52. The van der Waals surface area contributed by atoms with Gasteiger partial charge in [0.25, 0.3) is 0 Å². The summed E-state index contributed by atoms with van der Waals surface area (Å²) in [4.78, 5) is 6.01. The molecule has 0 saturated carbocycles. The van der Waals surface area contributed by atoms with E-state index in [1.54, 1.807) is 17.2 Å². The zero-order chi connectivity index (χ0) is 19.7. The molecule has 0 bridgehead atoms. The van der Waals surface area contributed by atoms with Crippen LogP contribution in [0.4, 0.5) is 4.39 Å². The van der Waals surface area contributed by atoms with E-state index in [2.05, 4.69) is 15.7 Å². The molecule has 1 spiro atoms. The summed E-state index contributed by atoms with van der Waals surface area (Å²) in [6, 6.07) is 3.41. The highest BCUT2D eigenvalue weighted by Crippen LogP contribution is 2.46. The van der Waals surface area contributed by atoms with Crippen LogP contribution in [0, 0.1) is 5.82 Å². The van der Waals surface area contributed by atoms with Crippen LogP contribution in [0.3, 0.4) is 0 Å². The highest BCUT2D eigenvalue weighted by Gasteiger charge is 2.49. The van der Waals surface area contributed by atoms with E-state index in [0.29, 0.717) is 13.2 Å². The van der Waals surface area contributed by atoms with Gasteiger partial charge in [-0.15, -0.1) is 11.3 Å². The molecule has 4 heterocycles. The van der Waals surface area contributed by atoms with Crippen molar-refractivity contribution in [2.45, 2.75) is 62.5 Å². The standard InChI is InChI=1S/C23H29FN2O2S/c24-18-4-5-21(26-12-18)22(7-11-28-23(15-22)8-10-27-16-23)6-9-25-13-20-19-3-1-2-17(19)14-29-20/h4-5,12,14,25H,1-3,6-11,13,15-16H2/t22-,23-/m1/s1. The van der Waals surface area contributed by atoms with Crippen molar-refractivity contribution in [3.63, 3.8) is 0 Å². The van der Waals surface area contributed by atoms with Crippen LogP contribution >= 0.6 is 11.3 Å². The van der Waals surface area contributed by atoms with E-state index < -0.39 is 0 Å². The molecule has 0 amide bonds. The van der Waals surface area contributed by atoms with Crippen molar-refractivity contribution in [2.75, 3.05) is 26.4 Å². The first kappa shape index (κ1) is 19.6. The highest BCUT2D eigenvalue weighted by molar-refractivity contribution is 7.10. The van der Waals surface area contributed by atoms with Crippen molar-refractivity contribution < 1.29 is 13.9 Å². The van der Waals surface area contributed by atoms with Crippen LogP contribution in [0.5, 0.6) is 0 Å². The van der Waals surface area contributed by atoms with Gasteiger partial charge in [0.2, 0.25) is 0 Å². The predicted molar refractivity (Wildman–Crippen MR) is 112 cm³/mol. The van der Waals surface area contributed by atoms with Crippen LogP contribution in [0.15, 0.2) is 23.7 Å². The smallest absolute Gasteiger partial charge is 0.141 e. The Hall–Kier alpha value is -1.34. The van der Waals surface area contributed by atoms with Crippen LogP contribution in [0.2, 0.25) is 0 Å². The van der Waals surface area contributed by atoms with Gasteiger partial charge in [0.1, 0.15) is 5.82 Å². The molecule has 0 aromatic carbocycles. The number of aryl methyl sites for hydroxylation is 1. The molecule has 0 radical (unpaired) electrons. The molecule has 2 aromatic heterocycles. The summed E-state index contributed by atoms with van der Waals surface area (Å²) >= 11 is 1.90. The third kappa shape index (κ3) is 3.88. The van der Waals surface area contributed by atoms with Gasteiger partial charge in [-0.3, -0.25) is 4.98 Å². The maximum atomic E-state index is 13.5. The second kappa shape index (κ2) is 8.06. The van der Waals surface area contributed by atoms with Crippen molar-refractivity contribution in [2.24, 2.45) is 0 Å². The lowest BCUT2D eigenvalue weighted by molar-refractivity contribution is -0.109. The Morgan fingerprint density at radius 1 is 1.21 bits per heavy atom. The maximum Gasteiger partial charge on any atom is 0.141 e. The largest absolute Gasteiger partial charge is 0.378 e. The van der Waals surface area contributed by atoms with Gasteiger partial charge in [-0.25, -0.2) is 4.39 Å². The monoisotopic (exact) mass is 416 g/mol. The second-order valence-electron chi connectivity index (χ2n) is 8.85. The first-order valence-electron chi connectivity index (χ1n) is 10.8. The molecule has 4 nitrogen and oxygen atoms in total. The number of rotatable bonds is 6. The highest BCUT2D eigenvalue weighted by atomic mass is 32.1. The number of pyridine rings is 1. The molecule has 1 N–H and O–H groups in total. The third-order valence-electron chi connectivity index (χ3n) is 6.99. The molecular weight excluding hydrogens is 387 g/mol. The molecular formula is C23H29FN2O2S. The Morgan fingerprint density at radius 2 is 2.17 bits per heavy atom. The SMILES string of the molecule is Fc1ccc([C@]2(CCNCc3scc4c3CCC4)CCO[C@]3(CCOC3)C2)nc1. The van der Waals surface area contributed by atoms with E-state index in [4.69, 9.17) is 9.47 Å². The van der Waals surface area contributed by atoms with Gasteiger partial charge in [0.05, 0.1) is 18.4 Å². The van der Waals surface area contributed by atoms with E-state index in [0.717, 1.165) is 51.1 Å². The first-order chi connectivity index (χ1) is 14.2. The van der Waals surface area contributed by atoms with Crippen molar-refractivity contribution in [1.29, 1.82) is 0 Å². The number of hydrogen-bond donors (Lipinski definition) is 1. The molecule has 156 valence electrons. The Balaban J connectivity index is 1.30. The minimum Gasteiger partial charge on any atom is -0.378 e. The van der Waals surface area contributed by atoms with Crippen LogP contribution in [-0.2, 0) is 34.3 Å². The zero-order valence-corrected chi connectivity index (χ0v) is 17.7. The van der Waals surface area contributed by atoms with Gasteiger partial charge in [0, 0.05) is 42.2 Å². The van der Waals surface area contributed by atoms with Crippen molar-refractivity contribution in [1.82, 2.24) is 10.3 Å². The molecule has 5 rings (SSSR count). The number of ether oxygens (including phenoxy) is 2. The predicted octanol–water partition coefficient (Wildman–Crippen LogP) is 4.16. The molecule has 6 heteroatoms. The third-order valence-corrected chi connectivity index (χ3v) is 8.07. The molecule has 29 heavy (non-hydrogen) atoms. The fraction of sp³-hybridized carbons (Fsp3) is 0.609. The van der Waals surface area contributed by atoms with Crippen LogP contribution < -0.4 is 5.32 Å². The summed E-state index contributed by atoms with van der Waals surface area (Å²) in [5.41, 5.74) is 3.84. The van der Waals surface area contributed by atoms with E-state index in [-0.39, 0.29) is 16.8 Å². The topological polar surface area (TPSA) is 43.4 Å². The van der Waals surface area contributed by atoms with E-state index in [1.165, 1.54) is 30.3 Å². The molecule has 1 aliphatic carbocycles. The molecule has 2 aliphatic heterocycles. The Morgan fingerprint density at radius 3 is 3.00 bits per heavy atom. The molecule has 2 saturated heterocycles. The number of hydrogen-bond acceptors (Lipinski definition) is 5. The normalized spacial score (nSPS) is 28.9. The summed E-state index contributed by atoms with van der Waals surface area (Å²) in [6.07, 6.45) is 8.86.